The fraction of sp³-hybridized carbons (Fsp3) is 0.667. The molecule has 0 aliphatic carbocycles. The molecule has 1 aliphatic heterocycles. The van der Waals surface area contributed by atoms with Crippen LogP contribution in [0.15, 0.2) is 12.3 Å². The van der Waals surface area contributed by atoms with Crippen LogP contribution >= 0.6 is 11.6 Å². The molecule has 2 unspecified atom stereocenters. The molecule has 0 saturated carbocycles. The minimum absolute atomic E-state index is 0.243. The van der Waals surface area contributed by atoms with E-state index in [9.17, 15) is 0 Å². The van der Waals surface area contributed by atoms with Gasteiger partial charge >= 0.3 is 0 Å². The summed E-state index contributed by atoms with van der Waals surface area (Å²) < 4.78 is 5.74. The van der Waals surface area contributed by atoms with Crippen LogP contribution in [-0.4, -0.2) is 36.8 Å². The molecule has 0 aromatic carbocycles. The first-order valence-corrected chi connectivity index (χ1v) is 7.76. The molecule has 1 aromatic heterocycles. The average Bonchev–Trinajstić information content (AvgIpc) is 2.46. The average molecular weight is 298 g/mol. The van der Waals surface area contributed by atoms with Gasteiger partial charge in [0.05, 0.1) is 23.8 Å². The predicted molar refractivity (Wildman–Crippen MR) is 83.5 cm³/mol. The number of hydrogen-bond acceptors (Lipinski definition) is 4. The lowest BCUT2D eigenvalue weighted by atomic mass is 10.1. The maximum Gasteiger partial charge on any atom is 0.129 e. The number of aromatic nitrogens is 1. The van der Waals surface area contributed by atoms with E-state index in [1.54, 1.807) is 6.20 Å². The van der Waals surface area contributed by atoms with E-state index in [-0.39, 0.29) is 6.10 Å². The van der Waals surface area contributed by atoms with Crippen molar-refractivity contribution < 1.29 is 4.74 Å². The molecule has 4 nitrogen and oxygen atoms in total. The standard InChI is InChI=1S/C15H24ClN3O/c1-4-13-10-20-11(3)9-19(13)15-6-12(7-17-5-2)14(16)8-18-15/h6,8,11,13,17H,4-5,7,9-10H2,1-3H3. The van der Waals surface area contributed by atoms with Crippen LogP contribution in [0.2, 0.25) is 5.02 Å². The molecule has 2 rings (SSSR count). The van der Waals surface area contributed by atoms with Gasteiger partial charge in [0.2, 0.25) is 0 Å². The molecular formula is C15H24ClN3O. The molecule has 0 bridgehead atoms. The summed E-state index contributed by atoms with van der Waals surface area (Å²) in [5.41, 5.74) is 1.10. The summed E-state index contributed by atoms with van der Waals surface area (Å²) in [5.74, 6) is 1.00. The number of ether oxygens (including phenoxy) is 1. The summed E-state index contributed by atoms with van der Waals surface area (Å²) in [7, 11) is 0. The van der Waals surface area contributed by atoms with Crippen molar-refractivity contribution in [2.75, 3.05) is 24.6 Å². The molecule has 1 N–H and O–H groups in total. The van der Waals surface area contributed by atoms with Crippen LogP contribution < -0.4 is 10.2 Å². The highest BCUT2D eigenvalue weighted by atomic mass is 35.5. The molecule has 112 valence electrons. The monoisotopic (exact) mass is 297 g/mol. The fourth-order valence-corrected chi connectivity index (χ4v) is 2.65. The summed E-state index contributed by atoms with van der Waals surface area (Å²) >= 11 is 6.22. The largest absolute Gasteiger partial charge is 0.375 e. The quantitative estimate of drug-likeness (QED) is 0.907. The number of anilines is 1. The van der Waals surface area contributed by atoms with Crippen molar-refractivity contribution in [2.45, 2.75) is 45.9 Å². The lowest BCUT2D eigenvalue weighted by Gasteiger charge is -2.39. The summed E-state index contributed by atoms with van der Waals surface area (Å²) in [6.07, 6.45) is 3.06. The van der Waals surface area contributed by atoms with Crippen LogP contribution in [0, 0.1) is 0 Å². The van der Waals surface area contributed by atoms with Gasteiger partial charge in [-0.05, 0) is 31.5 Å². The number of hydrogen-bond donors (Lipinski definition) is 1. The van der Waals surface area contributed by atoms with Gasteiger partial charge in [0.25, 0.3) is 0 Å². The second-order valence-corrected chi connectivity index (χ2v) is 5.68. The van der Waals surface area contributed by atoms with E-state index < -0.39 is 0 Å². The van der Waals surface area contributed by atoms with E-state index in [2.05, 4.69) is 42.0 Å². The van der Waals surface area contributed by atoms with Gasteiger partial charge in [0, 0.05) is 19.3 Å². The first kappa shape index (κ1) is 15.5. The number of nitrogens with zero attached hydrogens (tertiary/aromatic N) is 2. The zero-order valence-corrected chi connectivity index (χ0v) is 13.3. The SMILES string of the molecule is CCNCc1cc(N2CC(C)OCC2CC)ncc1Cl. The Kier molecular flexibility index (Phi) is 5.64. The molecule has 2 atom stereocenters. The van der Waals surface area contributed by atoms with Gasteiger partial charge in [-0.15, -0.1) is 0 Å². The molecule has 1 fully saturated rings. The van der Waals surface area contributed by atoms with Gasteiger partial charge in [-0.3, -0.25) is 0 Å². The van der Waals surface area contributed by atoms with Crippen LogP contribution in [0.5, 0.6) is 0 Å². The molecular weight excluding hydrogens is 274 g/mol. The van der Waals surface area contributed by atoms with Crippen molar-refractivity contribution in [1.82, 2.24) is 10.3 Å². The Morgan fingerprint density at radius 2 is 2.30 bits per heavy atom. The van der Waals surface area contributed by atoms with Crippen molar-refractivity contribution in [1.29, 1.82) is 0 Å². The fourth-order valence-electron chi connectivity index (χ4n) is 2.48. The van der Waals surface area contributed by atoms with Gasteiger partial charge in [-0.25, -0.2) is 4.98 Å². The molecule has 20 heavy (non-hydrogen) atoms. The maximum atomic E-state index is 6.22. The number of rotatable bonds is 5. The highest BCUT2D eigenvalue weighted by Gasteiger charge is 2.26. The lowest BCUT2D eigenvalue weighted by Crippen LogP contribution is -2.49. The van der Waals surface area contributed by atoms with Gasteiger partial charge in [-0.1, -0.05) is 25.4 Å². The number of nitrogens with one attached hydrogen (secondary N) is 1. The van der Waals surface area contributed by atoms with E-state index >= 15 is 0 Å². The van der Waals surface area contributed by atoms with Crippen LogP contribution in [0.25, 0.3) is 0 Å². The third-order valence-corrected chi connectivity index (χ3v) is 4.06. The van der Waals surface area contributed by atoms with E-state index in [4.69, 9.17) is 16.3 Å². The van der Waals surface area contributed by atoms with Gasteiger partial charge in [-0.2, -0.15) is 0 Å². The van der Waals surface area contributed by atoms with E-state index in [1.165, 1.54) is 0 Å². The van der Waals surface area contributed by atoms with Gasteiger partial charge in [0.15, 0.2) is 0 Å². The van der Waals surface area contributed by atoms with Crippen molar-refractivity contribution in [3.8, 4) is 0 Å². The van der Waals surface area contributed by atoms with Crippen molar-refractivity contribution in [3.05, 3.63) is 22.8 Å². The smallest absolute Gasteiger partial charge is 0.129 e. The Hall–Kier alpha value is -0.840. The predicted octanol–water partition coefficient (Wildman–Crippen LogP) is 2.85. The Morgan fingerprint density at radius 3 is 3.00 bits per heavy atom. The van der Waals surface area contributed by atoms with E-state index in [0.29, 0.717) is 6.04 Å². The van der Waals surface area contributed by atoms with Gasteiger partial charge < -0.3 is 15.0 Å². The highest BCUT2D eigenvalue weighted by Crippen LogP contribution is 2.25. The van der Waals surface area contributed by atoms with Crippen molar-refractivity contribution >= 4 is 17.4 Å². The molecule has 1 aromatic rings. The van der Waals surface area contributed by atoms with Crippen molar-refractivity contribution in [2.24, 2.45) is 0 Å². The lowest BCUT2D eigenvalue weighted by molar-refractivity contribution is 0.0296. The normalized spacial score (nSPS) is 23.1. The first-order chi connectivity index (χ1) is 9.65. The molecule has 0 amide bonds. The number of pyridine rings is 1. The van der Waals surface area contributed by atoms with E-state index in [1.807, 2.05) is 0 Å². The van der Waals surface area contributed by atoms with Crippen LogP contribution in [0.4, 0.5) is 5.82 Å². The minimum Gasteiger partial charge on any atom is -0.375 e. The van der Waals surface area contributed by atoms with E-state index in [0.717, 1.165) is 49.1 Å². The minimum atomic E-state index is 0.243. The molecule has 1 saturated heterocycles. The second-order valence-electron chi connectivity index (χ2n) is 5.27. The van der Waals surface area contributed by atoms with Crippen molar-refractivity contribution in [3.63, 3.8) is 0 Å². The molecule has 2 heterocycles. The summed E-state index contributed by atoms with van der Waals surface area (Å²) in [6.45, 7) is 9.74. The number of morpholine rings is 1. The Labute approximate surface area is 126 Å². The van der Waals surface area contributed by atoms with Crippen LogP contribution in [0.3, 0.4) is 0 Å². The first-order valence-electron chi connectivity index (χ1n) is 7.39. The maximum absolute atomic E-state index is 6.22. The summed E-state index contributed by atoms with van der Waals surface area (Å²) in [6, 6.07) is 2.50. The zero-order chi connectivity index (χ0) is 14.5. The second kappa shape index (κ2) is 7.25. The molecule has 5 heteroatoms. The molecule has 1 aliphatic rings. The third-order valence-electron chi connectivity index (χ3n) is 3.72. The Morgan fingerprint density at radius 1 is 1.50 bits per heavy atom. The zero-order valence-electron chi connectivity index (χ0n) is 12.5. The Balaban J connectivity index is 2.21. The summed E-state index contributed by atoms with van der Waals surface area (Å²) in [5, 5.41) is 4.04. The third kappa shape index (κ3) is 3.62. The van der Waals surface area contributed by atoms with Gasteiger partial charge in [0.1, 0.15) is 5.82 Å². The molecule has 0 radical (unpaired) electrons. The summed E-state index contributed by atoms with van der Waals surface area (Å²) in [4.78, 5) is 6.86. The Bertz CT molecular complexity index is 441. The van der Waals surface area contributed by atoms with Crippen LogP contribution in [-0.2, 0) is 11.3 Å². The van der Waals surface area contributed by atoms with Crippen LogP contribution in [0.1, 0.15) is 32.8 Å². The highest BCUT2D eigenvalue weighted by molar-refractivity contribution is 6.31. The molecule has 0 spiro atoms. The number of halogens is 1. The topological polar surface area (TPSA) is 37.4 Å².